The third kappa shape index (κ3) is 4.26. The van der Waals surface area contributed by atoms with Gasteiger partial charge < -0.3 is 5.32 Å². The summed E-state index contributed by atoms with van der Waals surface area (Å²) in [6.07, 6.45) is 5.45. The second-order valence-electron chi connectivity index (χ2n) is 6.44. The molecule has 0 aromatic rings. The van der Waals surface area contributed by atoms with Crippen molar-refractivity contribution < 1.29 is 0 Å². The van der Waals surface area contributed by atoms with Gasteiger partial charge >= 0.3 is 0 Å². The second-order valence-corrected chi connectivity index (χ2v) is 6.44. The van der Waals surface area contributed by atoms with E-state index in [4.69, 9.17) is 0 Å². The zero-order valence-electron chi connectivity index (χ0n) is 12.6. The summed E-state index contributed by atoms with van der Waals surface area (Å²) < 4.78 is 0. The molecule has 1 aliphatic heterocycles. The molecule has 0 aromatic carbocycles. The highest BCUT2D eigenvalue weighted by Crippen LogP contribution is 2.27. The second kappa shape index (κ2) is 6.75. The quantitative estimate of drug-likeness (QED) is 0.766. The van der Waals surface area contributed by atoms with Crippen molar-refractivity contribution >= 4 is 0 Å². The summed E-state index contributed by atoms with van der Waals surface area (Å²) in [5.41, 5.74) is 0.292. The van der Waals surface area contributed by atoms with E-state index in [1.807, 2.05) is 0 Å². The van der Waals surface area contributed by atoms with Crippen LogP contribution in [-0.4, -0.2) is 36.1 Å². The van der Waals surface area contributed by atoms with Gasteiger partial charge in [-0.25, -0.2) is 0 Å². The fourth-order valence-corrected chi connectivity index (χ4v) is 3.03. The van der Waals surface area contributed by atoms with Gasteiger partial charge in [0.15, 0.2) is 0 Å². The Morgan fingerprint density at radius 2 is 1.71 bits per heavy atom. The first-order valence-electron chi connectivity index (χ1n) is 7.47. The molecule has 0 saturated carbocycles. The van der Waals surface area contributed by atoms with Crippen LogP contribution in [0.1, 0.15) is 60.3 Å². The maximum Gasteiger partial charge on any atom is 0.0306 e. The number of piperidine rings is 1. The van der Waals surface area contributed by atoms with Crippen LogP contribution >= 0.6 is 0 Å². The van der Waals surface area contributed by atoms with E-state index in [2.05, 4.69) is 44.8 Å². The van der Waals surface area contributed by atoms with Gasteiger partial charge in [0, 0.05) is 11.6 Å². The van der Waals surface area contributed by atoms with Gasteiger partial charge in [-0.2, -0.15) is 0 Å². The number of nitrogens with one attached hydrogen (secondary N) is 1. The van der Waals surface area contributed by atoms with E-state index in [-0.39, 0.29) is 0 Å². The summed E-state index contributed by atoms with van der Waals surface area (Å²) in [7, 11) is 0. The molecule has 1 atom stereocenters. The predicted octanol–water partition coefficient (Wildman–Crippen LogP) is 3.28. The Morgan fingerprint density at radius 1 is 1.12 bits per heavy atom. The van der Waals surface area contributed by atoms with Crippen molar-refractivity contribution in [3.05, 3.63) is 0 Å². The fourth-order valence-electron chi connectivity index (χ4n) is 3.03. The molecule has 1 saturated heterocycles. The molecular weight excluding hydrogens is 208 g/mol. The first kappa shape index (κ1) is 15.0. The molecule has 0 radical (unpaired) electrons. The smallest absolute Gasteiger partial charge is 0.0306 e. The van der Waals surface area contributed by atoms with Gasteiger partial charge in [0.25, 0.3) is 0 Å². The highest BCUT2D eigenvalue weighted by atomic mass is 15.2. The molecule has 0 aliphatic carbocycles. The van der Waals surface area contributed by atoms with Crippen molar-refractivity contribution in [2.75, 3.05) is 19.6 Å². The van der Waals surface area contributed by atoms with E-state index < -0.39 is 0 Å². The Morgan fingerprint density at radius 3 is 2.18 bits per heavy atom. The van der Waals surface area contributed by atoms with E-state index >= 15 is 0 Å². The van der Waals surface area contributed by atoms with Crippen LogP contribution in [-0.2, 0) is 0 Å². The van der Waals surface area contributed by atoms with E-state index in [9.17, 15) is 0 Å². The summed E-state index contributed by atoms with van der Waals surface area (Å²) >= 11 is 0. The van der Waals surface area contributed by atoms with Crippen molar-refractivity contribution in [3.63, 3.8) is 0 Å². The molecule has 102 valence electrons. The van der Waals surface area contributed by atoms with Gasteiger partial charge in [-0.3, -0.25) is 4.90 Å². The highest BCUT2D eigenvalue weighted by Gasteiger charge is 2.35. The molecule has 0 aromatic heterocycles. The molecule has 1 unspecified atom stereocenters. The number of nitrogens with zero attached hydrogens (tertiary/aromatic N) is 1. The molecule has 1 fully saturated rings. The van der Waals surface area contributed by atoms with Gasteiger partial charge in [-0.05, 0) is 58.7 Å². The Labute approximate surface area is 108 Å². The first-order valence-corrected chi connectivity index (χ1v) is 7.47. The van der Waals surface area contributed by atoms with Crippen LogP contribution in [0.4, 0.5) is 0 Å². The first-order chi connectivity index (χ1) is 7.98. The van der Waals surface area contributed by atoms with E-state index in [1.165, 1.54) is 38.8 Å². The van der Waals surface area contributed by atoms with Crippen molar-refractivity contribution in [1.29, 1.82) is 0 Å². The summed E-state index contributed by atoms with van der Waals surface area (Å²) in [5, 5.41) is 3.71. The molecule has 1 aliphatic rings. The van der Waals surface area contributed by atoms with Crippen molar-refractivity contribution in [2.45, 2.75) is 71.9 Å². The number of likely N-dealkylation sites (tertiary alicyclic amines) is 1. The standard InChI is InChI=1S/C15H32N2/c1-6-16-14(12-13(2)3)15(4,5)17-10-8-7-9-11-17/h13-14,16H,6-12H2,1-5H3. The van der Waals surface area contributed by atoms with E-state index in [0.29, 0.717) is 11.6 Å². The number of rotatable bonds is 6. The van der Waals surface area contributed by atoms with Gasteiger partial charge in [0.1, 0.15) is 0 Å². The summed E-state index contributed by atoms with van der Waals surface area (Å²) in [4.78, 5) is 2.70. The average Bonchev–Trinajstić information content (AvgIpc) is 2.29. The molecule has 1 heterocycles. The molecule has 2 heteroatoms. The molecule has 0 spiro atoms. The maximum atomic E-state index is 3.71. The van der Waals surface area contributed by atoms with Gasteiger partial charge in [0.2, 0.25) is 0 Å². The van der Waals surface area contributed by atoms with Crippen LogP contribution in [0.25, 0.3) is 0 Å². The van der Waals surface area contributed by atoms with Crippen molar-refractivity contribution in [2.24, 2.45) is 5.92 Å². The normalized spacial score (nSPS) is 20.8. The predicted molar refractivity (Wildman–Crippen MR) is 76.4 cm³/mol. The van der Waals surface area contributed by atoms with Gasteiger partial charge in [0.05, 0.1) is 0 Å². The van der Waals surface area contributed by atoms with Gasteiger partial charge in [-0.15, -0.1) is 0 Å². The lowest BCUT2D eigenvalue weighted by Gasteiger charge is -2.47. The van der Waals surface area contributed by atoms with E-state index in [1.54, 1.807) is 0 Å². The zero-order chi connectivity index (χ0) is 12.9. The largest absolute Gasteiger partial charge is 0.312 e. The molecule has 0 bridgehead atoms. The molecular formula is C15H32N2. The average molecular weight is 240 g/mol. The summed E-state index contributed by atoms with van der Waals surface area (Å²) in [5.74, 6) is 0.767. The fraction of sp³-hybridized carbons (Fsp3) is 1.00. The van der Waals surface area contributed by atoms with Crippen LogP contribution in [0, 0.1) is 5.92 Å². The minimum Gasteiger partial charge on any atom is -0.312 e. The number of hydrogen-bond donors (Lipinski definition) is 1. The van der Waals surface area contributed by atoms with Crippen molar-refractivity contribution in [3.8, 4) is 0 Å². The number of likely N-dealkylation sites (N-methyl/N-ethyl adjacent to an activating group) is 1. The Kier molecular flexibility index (Phi) is 5.94. The maximum absolute atomic E-state index is 3.71. The van der Waals surface area contributed by atoms with Crippen LogP contribution < -0.4 is 5.32 Å². The molecule has 1 rings (SSSR count). The third-order valence-corrected chi connectivity index (χ3v) is 4.18. The molecule has 2 nitrogen and oxygen atoms in total. The lowest BCUT2D eigenvalue weighted by atomic mass is 9.85. The summed E-state index contributed by atoms with van der Waals surface area (Å²) in [6, 6.07) is 0.616. The van der Waals surface area contributed by atoms with Crippen molar-refractivity contribution in [1.82, 2.24) is 10.2 Å². The van der Waals surface area contributed by atoms with Crippen LogP contribution in [0.5, 0.6) is 0 Å². The highest BCUT2D eigenvalue weighted by molar-refractivity contribution is 4.94. The lowest BCUT2D eigenvalue weighted by Crippen LogP contribution is -2.59. The minimum absolute atomic E-state index is 0.292. The Bertz CT molecular complexity index is 205. The van der Waals surface area contributed by atoms with Crippen LogP contribution in [0.15, 0.2) is 0 Å². The Balaban J connectivity index is 2.66. The Hall–Kier alpha value is -0.0800. The molecule has 0 amide bonds. The van der Waals surface area contributed by atoms with E-state index in [0.717, 1.165) is 12.5 Å². The minimum atomic E-state index is 0.292. The van der Waals surface area contributed by atoms with Crippen LogP contribution in [0.3, 0.4) is 0 Å². The number of hydrogen-bond acceptors (Lipinski definition) is 2. The topological polar surface area (TPSA) is 15.3 Å². The third-order valence-electron chi connectivity index (χ3n) is 4.18. The molecule has 17 heavy (non-hydrogen) atoms. The monoisotopic (exact) mass is 240 g/mol. The SMILES string of the molecule is CCNC(CC(C)C)C(C)(C)N1CCCCC1. The lowest BCUT2D eigenvalue weighted by molar-refractivity contribution is 0.0546. The summed E-state index contributed by atoms with van der Waals surface area (Å²) in [6.45, 7) is 15.4. The van der Waals surface area contributed by atoms with Crippen LogP contribution in [0.2, 0.25) is 0 Å². The molecule has 1 N–H and O–H groups in total. The zero-order valence-corrected chi connectivity index (χ0v) is 12.6. The van der Waals surface area contributed by atoms with Gasteiger partial charge in [-0.1, -0.05) is 27.2 Å².